The molecule has 0 aliphatic carbocycles. The van der Waals surface area contributed by atoms with Crippen molar-refractivity contribution in [1.82, 2.24) is 15.1 Å². The van der Waals surface area contributed by atoms with E-state index in [4.69, 9.17) is 9.47 Å². The van der Waals surface area contributed by atoms with Crippen molar-refractivity contribution < 1.29 is 14.3 Å². The van der Waals surface area contributed by atoms with Gasteiger partial charge in [-0.25, -0.2) is 0 Å². The molecule has 0 radical (unpaired) electrons. The van der Waals surface area contributed by atoms with Crippen LogP contribution in [0.15, 0.2) is 24.4 Å². The lowest BCUT2D eigenvalue weighted by molar-refractivity contribution is -0.117. The van der Waals surface area contributed by atoms with Gasteiger partial charge in [0.05, 0.1) is 32.6 Å². The fourth-order valence-electron chi connectivity index (χ4n) is 3.07. The molecule has 7 nitrogen and oxygen atoms in total. The molecule has 0 saturated carbocycles. The molecule has 7 heteroatoms. The van der Waals surface area contributed by atoms with Crippen molar-refractivity contribution in [1.29, 1.82) is 0 Å². The van der Waals surface area contributed by atoms with Gasteiger partial charge in [-0.3, -0.25) is 14.8 Å². The molecule has 128 valence electrons. The number of H-pyrrole nitrogens is 1. The second kappa shape index (κ2) is 6.92. The van der Waals surface area contributed by atoms with Crippen LogP contribution in [0.1, 0.15) is 24.1 Å². The first kappa shape index (κ1) is 16.3. The molecule has 1 aromatic heterocycles. The molecule has 0 bridgehead atoms. The molecule has 1 aromatic carbocycles. The number of nitrogens with one attached hydrogen (secondary N) is 2. The lowest BCUT2D eigenvalue weighted by Crippen LogP contribution is -2.38. The molecule has 1 atom stereocenters. The van der Waals surface area contributed by atoms with Gasteiger partial charge in [-0.05, 0) is 12.1 Å². The number of methoxy groups -OCH3 is 2. The number of ether oxygens (including phenoxy) is 2. The molecule has 3 rings (SSSR count). The predicted octanol–water partition coefficient (Wildman–Crippen LogP) is 1.98. The van der Waals surface area contributed by atoms with Crippen LogP contribution in [-0.2, 0) is 11.3 Å². The van der Waals surface area contributed by atoms with Crippen LogP contribution in [0.4, 0.5) is 5.69 Å². The normalized spacial score (nSPS) is 17.2. The van der Waals surface area contributed by atoms with E-state index in [0.29, 0.717) is 29.6 Å². The molecule has 24 heavy (non-hydrogen) atoms. The molecule has 0 spiro atoms. The van der Waals surface area contributed by atoms with Crippen LogP contribution in [0, 0.1) is 0 Å². The van der Waals surface area contributed by atoms with E-state index >= 15 is 0 Å². The Hall–Kier alpha value is -2.54. The van der Waals surface area contributed by atoms with Crippen molar-refractivity contribution >= 4 is 11.6 Å². The fraction of sp³-hybridized carbons (Fsp3) is 0.412. The van der Waals surface area contributed by atoms with Crippen molar-refractivity contribution in [2.24, 2.45) is 0 Å². The third-order valence-electron chi connectivity index (χ3n) is 4.22. The zero-order valence-corrected chi connectivity index (χ0v) is 14.1. The number of hydrogen-bond donors (Lipinski definition) is 2. The number of amides is 1. The highest BCUT2D eigenvalue weighted by Crippen LogP contribution is 2.29. The van der Waals surface area contributed by atoms with E-state index in [1.807, 2.05) is 6.20 Å². The van der Waals surface area contributed by atoms with Gasteiger partial charge in [0, 0.05) is 36.3 Å². The average molecular weight is 330 g/mol. The number of aromatic amines is 1. The Balaban J connectivity index is 1.64. The van der Waals surface area contributed by atoms with E-state index in [0.717, 1.165) is 18.7 Å². The highest BCUT2D eigenvalue weighted by Gasteiger charge is 2.25. The van der Waals surface area contributed by atoms with E-state index in [1.54, 1.807) is 32.4 Å². The molecule has 2 aromatic rings. The van der Waals surface area contributed by atoms with Crippen LogP contribution in [0.25, 0.3) is 0 Å². The summed E-state index contributed by atoms with van der Waals surface area (Å²) in [5, 5.41) is 10.0. The Morgan fingerprint density at radius 3 is 3.00 bits per heavy atom. The van der Waals surface area contributed by atoms with E-state index in [2.05, 4.69) is 27.3 Å². The summed E-state index contributed by atoms with van der Waals surface area (Å²) >= 11 is 0. The van der Waals surface area contributed by atoms with Crippen LogP contribution in [0.5, 0.6) is 11.5 Å². The van der Waals surface area contributed by atoms with Crippen molar-refractivity contribution in [3.05, 3.63) is 35.7 Å². The largest absolute Gasteiger partial charge is 0.497 e. The van der Waals surface area contributed by atoms with Crippen LogP contribution in [-0.4, -0.2) is 48.3 Å². The summed E-state index contributed by atoms with van der Waals surface area (Å²) in [6, 6.07) is 5.32. The molecule has 0 fully saturated rings. The molecular weight excluding hydrogens is 308 g/mol. The maximum atomic E-state index is 12.4. The van der Waals surface area contributed by atoms with Crippen LogP contribution < -0.4 is 14.8 Å². The molecule has 0 saturated heterocycles. The monoisotopic (exact) mass is 330 g/mol. The summed E-state index contributed by atoms with van der Waals surface area (Å²) in [4.78, 5) is 14.5. The van der Waals surface area contributed by atoms with E-state index < -0.39 is 0 Å². The Bertz CT molecular complexity index is 728. The van der Waals surface area contributed by atoms with Crippen molar-refractivity contribution in [3.8, 4) is 11.5 Å². The minimum absolute atomic E-state index is 0.0717. The summed E-state index contributed by atoms with van der Waals surface area (Å²) < 4.78 is 10.5. The summed E-state index contributed by atoms with van der Waals surface area (Å²) in [5.74, 6) is 1.52. The molecule has 1 aliphatic heterocycles. The van der Waals surface area contributed by atoms with Gasteiger partial charge in [-0.1, -0.05) is 6.92 Å². The number of nitrogens with zero attached hydrogens (tertiary/aromatic N) is 2. The van der Waals surface area contributed by atoms with Gasteiger partial charge in [-0.2, -0.15) is 5.10 Å². The summed E-state index contributed by atoms with van der Waals surface area (Å²) in [6.07, 6.45) is 1.84. The molecule has 1 aliphatic rings. The molecule has 2 heterocycles. The van der Waals surface area contributed by atoms with Gasteiger partial charge in [0.25, 0.3) is 0 Å². The summed E-state index contributed by atoms with van der Waals surface area (Å²) in [6.45, 7) is 4.00. The van der Waals surface area contributed by atoms with Crippen molar-refractivity contribution in [3.63, 3.8) is 0 Å². The number of anilines is 1. The second-order valence-electron chi connectivity index (χ2n) is 5.99. The fourth-order valence-corrected chi connectivity index (χ4v) is 3.07. The number of fused-ring (bicyclic) bond motifs is 1. The minimum Gasteiger partial charge on any atom is -0.497 e. The number of benzene rings is 1. The number of carbonyl (C=O) groups is 1. The first-order chi connectivity index (χ1) is 11.6. The first-order valence-corrected chi connectivity index (χ1v) is 7.87. The summed E-state index contributed by atoms with van der Waals surface area (Å²) in [7, 11) is 3.16. The standard InChI is InChI=1S/C17H22N4O3/c1-11-8-21(9-12-7-18-20-17(11)12)10-16(22)19-14-5-4-13(23-2)6-15(14)24-3/h4-7,11H,8-10H2,1-3H3,(H,18,20)(H,19,22). The zero-order chi connectivity index (χ0) is 17.1. The van der Waals surface area contributed by atoms with Crippen LogP contribution >= 0.6 is 0 Å². The lowest BCUT2D eigenvalue weighted by Gasteiger charge is -2.29. The van der Waals surface area contributed by atoms with Gasteiger partial charge in [-0.15, -0.1) is 0 Å². The Kier molecular flexibility index (Phi) is 4.71. The average Bonchev–Trinajstić information content (AvgIpc) is 3.04. The number of rotatable bonds is 5. The highest BCUT2D eigenvalue weighted by molar-refractivity contribution is 5.93. The zero-order valence-electron chi connectivity index (χ0n) is 14.1. The van der Waals surface area contributed by atoms with Gasteiger partial charge < -0.3 is 14.8 Å². The van der Waals surface area contributed by atoms with Crippen LogP contribution in [0.3, 0.4) is 0 Å². The number of hydrogen-bond acceptors (Lipinski definition) is 5. The van der Waals surface area contributed by atoms with Crippen molar-refractivity contribution in [2.75, 3.05) is 32.6 Å². The van der Waals surface area contributed by atoms with Crippen molar-refractivity contribution in [2.45, 2.75) is 19.4 Å². The van der Waals surface area contributed by atoms with Gasteiger partial charge in [0.1, 0.15) is 11.5 Å². The van der Waals surface area contributed by atoms with E-state index in [-0.39, 0.29) is 5.91 Å². The molecular formula is C17H22N4O3. The molecule has 1 unspecified atom stereocenters. The van der Waals surface area contributed by atoms with Gasteiger partial charge >= 0.3 is 0 Å². The lowest BCUT2D eigenvalue weighted by atomic mass is 9.98. The number of aromatic nitrogens is 2. The third kappa shape index (κ3) is 3.35. The number of carbonyl (C=O) groups excluding carboxylic acids is 1. The van der Waals surface area contributed by atoms with E-state index in [1.165, 1.54) is 5.69 Å². The third-order valence-corrected chi connectivity index (χ3v) is 4.22. The van der Waals surface area contributed by atoms with Gasteiger partial charge in [0.2, 0.25) is 5.91 Å². The molecule has 2 N–H and O–H groups in total. The SMILES string of the molecule is COc1ccc(NC(=O)CN2Cc3cn[nH]c3C(C)C2)c(OC)c1. The topological polar surface area (TPSA) is 79.5 Å². The first-order valence-electron chi connectivity index (χ1n) is 7.87. The Morgan fingerprint density at radius 1 is 1.42 bits per heavy atom. The van der Waals surface area contributed by atoms with E-state index in [9.17, 15) is 4.79 Å². The van der Waals surface area contributed by atoms with Gasteiger partial charge in [0.15, 0.2) is 0 Å². The Labute approximate surface area is 140 Å². The second-order valence-corrected chi connectivity index (χ2v) is 5.99. The predicted molar refractivity (Wildman–Crippen MR) is 90.5 cm³/mol. The van der Waals surface area contributed by atoms with Crippen LogP contribution in [0.2, 0.25) is 0 Å². The minimum atomic E-state index is -0.0717. The quantitative estimate of drug-likeness (QED) is 0.876. The molecule has 1 amide bonds. The highest BCUT2D eigenvalue weighted by atomic mass is 16.5. The smallest absolute Gasteiger partial charge is 0.238 e. The Morgan fingerprint density at radius 2 is 2.25 bits per heavy atom. The maximum absolute atomic E-state index is 12.4. The maximum Gasteiger partial charge on any atom is 0.238 e. The summed E-state index contributed by atoms with van der Waals surface area (Å²) in [5.41, 5.74) is 2.96.